The Bertz CT molecular complexity index is 964. The first-order chi connectivity index (χ1) is 13.5. The van der Waals surface area contributed by atoms with Crippen molar-refractivity contribution in [2.45, 2.75) is 26.3 Å². The van der Waals surface area contributed by atoms with Gasteiger partial charge in [0.2, 0.25) is 5.91 Å². The van der Waals surface area contributed by atoms with Crippen molar-refractivity contribution in [3.8, 4) is 5.75 Å². The highest BCUT2D eigenvalue weighted by atomic mass is 35.5. The van der Waals surface area contributed by atoms with Gasteiger partial charge in [-0.05, 0) is 49.7 Å². The molecule has 1 heterocycles. The zero-order chi connectivity index (χ0) is 19.9. The molecule has 0 spiro atoms. The third-order valence-electron chi connectivity index (χ3n) is 4.38. The summed E-state index contributed by atoms with van der Waals surface area (Å²) in [5.41, 5.74) is 2.57. The summed E-state index contributed by atoms with van der Waals surface area (Å²) in [6.07, 6.45) is 1.58. The van der Waals surface area contributed by atoms with E-state index in [9.17, 15) is 4.79 Å². The molecule has 0 saturated heterocycles. The molecule has 3 rings (SSSR count). The Morgan fingerprint density at radius 1 is 1.21 bits per heavy atom. The molecule has 2 aromatic carbocycles. The highest BCUT2D eigenvalue weighted by Gasteiger charge is 2.11. The summed E-state index contributed by atoms with van der Waals surface area (Å²) in [5.74, 6) is 1.67. The van der Waals surface area contributed by atoms with E-state index < -0.39 is 0 Å². The van der Waals surface area contributed by atoms with Crippen LogP contribution in [-0.4, -0.2) is 28.6 Å². The van der Waals surface area contributed by atoms with E-state index in [0.717, 1.165) is 35.4 Å². The number of hydrogen-bond acceptors (Lipinski definition) is 3. The minimum atomic E-state index is -0.107. The van der Waals surface area contributed by atoms with Crippen LogP contribution in [0.1, 0.15) is 19.2 Å². The third kappa shape index (κ3) is 5.14. The summed E-state index contributed by atoms with van der Waals surface area (Å²) >= 11 is 5.91. The molecule has 0 bridgehead atoms. The van der Waals surface area contributed by atoms with Crippen LogP contribution in [0.3, 0.4) is 0 Å². The zero-order valence-electron chi connectivity index (χ0n) is 16.0. The topological polar surface area (TPSA) is 56.2 Å². The lowest BCUT2D eigenvalue weighted by molar-refractivity contribution is -0.117. The van der Waals surface area contributed by atoms with Gasteiger partial charge in [-0.2, -0.15) is 0 Å². The average molecular weight is 398 g/mol. The average Bonchev–Trinajstić information content (AvgIpc) is 3.04. The number of aryl methyl sites for hydroxylation is 1. The molecule has 28 heavy (non-hydrogen) atoms. The maximum atomic E-state index is 11.6. The van der Waals surface area contributed by atoms with E-state index in [0.29, 0.717) is 30.3 Å². The Morgan fingerprint density at radius 2 is 1.96 bits per heavy atom. The monoisotopic (exact) mass is 397 g/mol. The van der Waals surface area contributed by atoms with Gasteiger partial charge in [0.25, 0.3) is 0 Å². The van der Waals surface area contributed by atoms with Gasteiger partial charge in [0.1, 0.15) is 18.2 Å². The molecule has 0 saturated carbocycles. The number of nitrogens with one attached hydrogen (secondary N) is 1. The van der Waals surface area contributed by atoms with Crippen LogP contribution in [0, 0.1) is 0 Å². The lowest BCUT2D eigenvalue weighted by atomic mass is 10.2. The molecule has 1 amide bonds. The van der Waals surface area contributed by atoms with Crippen molar-refractivity contribution in [1.82, 2.24) is 14.9 Å². The first kappa shape index (κ1) is 20.0. The predicted molar refractivity (Wildman–Crippen MR) is 113 cm³/mol. The largest absolute Gasteiger partial charge is 0.492 e. The van der Waals surface area contributed by atoms with Gasteiger partial charge in [-0.25, -0.2) is 4.98 Å². The van der Waals surface area contributed by atoms with E-state index in [4.69, 9.17) is 21.3 Å². The van der Waals surface area contributed by atoms with Gasteiger partial charge < -0.3 is 14.6 Å². The number of halogens is 1. The summed E-state index contributed by atoms with van der Waals surface area (Å²) in [7, 11) is 0. The maximum Gasteiger partial charge on any atom is 0.246 e. The number of hydrogen-bond donors (Lipinski definition) is 1. The van der Waals surface area contributed by atoms with Crippen LogP contribution in [0.15, 0.2) is 60.7 Å². The van der Waals surface area contributed by atoms with Gasteiger partial charge >= 0.3 is 0 Å². The molecule has 146 valence electrons. The number of imidazole rings is 1. The number of nitrogens with zero attached hydrogens (tertiary/aromatic N) is 2. The number of amides is 1. The van der Waals surface area contributed by atoms with Crippen molar-refractivity contribution in [3.05, 3.63) is 71.5 Å². The van der Waals surface area contributed by atoms with Gasteiger partial charge in [0.15, 0.2) is 0 Å². The first-order valence-electron chi connectivity index (χ1n) is 9.31. The molecular formula is C22H24ClN3O2. The molecule has 6 heteroatoms. The van der Waals surface area contributed by atoms with Crippen LogP contribution in [-0.2, 0) is 17.8 Å². The smallest absolute Gasteiger partial charge is 0.246 e. The number of aromatic nitrogens is 2. The van der Waals surface area contributed by atoms with Gasteiger partial charge in [0, 0.05) is 23.6 Å². The molecule has 0 radical (unpaired) electrons. The van der Waals surface area contributed by atoms with E-state index in [1.165, 1.54) is 0 Å². The van der Waals surface area contributed by atoms with Crippen molar-refractivity contribution in [3.63, 3.8) is 0 Å². The second kappa shape index (κ2) is 9.42. The maximum absolute atomic E-state index is 11.6. The summed E-state index contributed by atoms with van der Waals surface area (Å²) in [6, 6.07) is 15.4. The predicted octanol–water partition coefficient (Wildman–Crippen LogP) is 4.39. The number of carbonyl (C=O) groups excluding carboxylic acids is 1. The van der Waals surface area contributed by atoms with Crippen LogP contribution in [0.4, 0.5) is 0 Å². The quantitative estimate of drug-likeness (QED) is 0.430. The minimum absolute atomic E-state index is 0.107. The second-order valence-electron chi connectivity index (χ2n) is 6.61. The fraction of sp³-hybridized carbons (Fsp3) is 0.273. The molecule has 0 aliphatic rings. The normalized spacial score (nSPS) is 10.8. The Kier molecular flexibility index (Phi) is 6.71. The standard InChI is InChI=1S/C22H24ClN3O2/c1-16(2)22(27)24-13-5-8-21-25-19-6-3-4-7-20(19)26(21)14-15-28-18-11-9-17(23)10-12-18/h3-4,6-7,9-12H,1,5,8,13-15H2,2H3,(H,24,27). The van der Waals surface area contributed by atoms with Gasteiger partial charge in [-0.3, -0.25) is 4.79 Å². The van der Waals surface area contributed by atoms with E-state index in [1.54, 1.807) is 6.92 Å². The Morgan fingerprint density at radius 3 is 2.71 bits per heavy atom. The van der Waals surface area contributed by atoms with Crippen LogP contribution >= 0.6 is 11.6 Å². The van der Waals surface area contributed by atoms with Gasteiger partial charge in [-0.15, -0.1) is 0 Å². The highest BCUT2D eigenvalue weighted by Crippen LogP contribution is 2.19. The Balaban J connectivity index is 1.64. The van der Waals surface area contributed by atoms with Crippen molar-refractivity contribution in [2.75, 3.05) is 13.2 Å². The Hall–Kier alpha value is -2.79. The summed E-state index contributed by atoms with van der Waals surface area (Å²) in [6.45, 7) is 7.17. The molecule has 0 unspecified atom stereocenters. The molecule has 0 aliphatic carbocycles. The third-order valence-corrected chi connectivity index (χ3v) is 4.63. The number of fused-ring (bicyclic) bond motifs is 1. The number of benzene rings is 2. The fourth-order valence-electron chi connectivity index (χ4n) is 2.95. The zero-order valence-corrected chi connectivity index (χ0v) is 16.7. The van der Waals surface area contributed by atoms with Gasteiger partial charge in [0.05, 0.1) is 17.6 Å². The van der Waals surface area contributed by atoms with E-state index in [1.807, 2.05) is 42.5 Å². The molecule has 0 atom stereocenters. The van der Waals surface area contributed by atoms with Crippen molar-refractivity contribution in [1.29, 1.82) is 0 Å². The lowest BCUT2D eigenvalue weighted by Crippen LogP contribution is -2.25. The first-order valence-corrected chi connectivity index (χ1v) is 9.68. The van der Waals surface area contributed by atoms with Crippen LogP contribution < -0.4 is 10.1 Å². The molecule has 0 aliphatic heterocycles. The Labute approximate surface area is 170 Å². The summed E-state index contributed by atoms with van der Waals surface area (Å²) in [5, 5.41) is 3.55. The SMILES string of the molecule is C=C(C)C(=O)NCCCc1nc2ccccc2n1CCOc1ccc(Cl)cc1. The van der Waals surface area contributed by atoms with Crippen LogP contribution in [0.5, 0.6) is 5.75 Å². The number of para-hydroxylation sites is 2. The number of ether oxygens (including phenoxy) is 1. The highest BCUT2D eigenvalue weighted by molar-refractivity contribution is 6.30. The molecule has 1 aromatic heterocycles. The molecule has 1 N–H and O–H groups in total. The molecule has 0 fully saturated rings. The van der Waals surface area contributed by atoms with Crippen molar-refractivity contribution in [2.24, 2.45) is 0 Å². The second-order valence-corrected chi connectivity index (χ2v) is 7.05. The summed E-state index contributed by atoms with van der Waals surface area (Å²) < 4.78 is 8.03. The lowest BCUT2D eigenvalue weighted by Gasteiger charge is -2.11. The fourth-order valence-corrected chi connectivity index (χ4v) is 3.08. The molecule has 5 nitrogen and oxygen atoms in total. The molecule has 3 aromatic rings. The van der Waals surface area contributed by atoms with Crippen molar-refractivity contribution >= 4 is 28.5 Å². The van der Waals surface area contributed by atoms with E-state index in [-0.39, 0.29) is 5.91 Å². The number of rotatable bonds is 9. The van der Waals surface area contributed by atoms with E-state index in [2.05, 4.69) is 22.5 Å². The van der Waals surface area contributed by atoms with Gasteiger partial charge in [-0.1, -0.05) is 30.3 Å². The van der Waals surface area contributed by atoms with Crippen LogP contribution in [0.25, 0.3) is 11.0 Å². The van der Waals surface area contributed by atoms with E-state index >= 15 is 0 Å². The minimum Gasteiger partial charge on any atom is -0.492 e. The summed E-state index contributed by atoms with van der Waals surface area (Å²) in [4.78, 5) is 16.4. The van der Waals surface area contributed by atoms with Crippen LogP contribution in [0.2, 0.25) is 5.02 Å². The number of carbonyl (C=O) groups is 1. The van der Waals surface area contributed by atoms with Crippen molar-refractivity contribution < 1.29 is 9.53 Å². The molecular weight excluding hydrogens is 374 g/mol.